The van der Waals surface area contributed by atoms with Gasteiger partial charge in [0.25, 0.3) is 5.91 Å². The summed E-state index contributed by atoms with van der Waals surface area (Å²) in [4.78, 5) is 26.2. The van der Waals surface area contributed by atoms with Crippen LogP contribution in [0.15, 0.2) is 36.9 Å². The van der Waals surface area contributed by atoms with E-state index in [1.807, 2.05) is 4.90 Å². The molecule has 0 aromatic heterocycles. The number of carbonyl (C=O) groups excluding carboxylic acids is 2. The first-order valence-corrected chi connectivity index (χ1v) is 8.41. The summed E-state index contributed by atoms with van der Waals surface area (Å²) in [5.41, 5.74) is 0.490. The predicted molar refractivity (Wildman–Crippen MR) is 92.5 cm³/mol. The second-order valence-electron chi connectivity index (χ2n) is 5.87. The molecule has 1 aliphatic heterocycles. The van der Waals surface area contributed by atoms with Crippen LogP contribution in [0.25, 0.3) is 0 Å². The Labute approximate surface area is 142 Å². The van der Waals surface area contributed by atoms with E-state index in [1.165, 1.54) is 0 Å². The lowest BCUT2D eigenvalue weighted by Crippen LogP contribution is -2.43. The zero-order chi connectivity index (χ0) is 16.7. The smallest absolute Gasteiger partial charge is 0.252 e. The molecule has 1 heterocycles. The average Bonchev–Trinajstić information content (AvgIpc) is 2.58. The van der Waals surface area contributed by atoms with E-state index < -0.39 is 0 Å². The highest BCUT2D eigenvalue weighted by Gasteiger charge is 2.23. The van der Waals surface area contributed by atoms with Gasteiger partial charge in [-0.25, -0.2) is 0 Å². The van der Waals surface area contributed by atoms with Crippen molar-refractivity contribution in [3.63, 3.8) is 0 Å². The van der Waals surface area contributed by atoms with Crippen molar-refractivity contribution in [2.75, 3.05) is 19.6 Å². The number of piperidine rings is 1. The lowest BCUT2D eigenvalue weighted by molar-refractivity contribution is -0.132. The third-order valence-corrected chi connectivity index (χ3v) is 4.43. The molecule has 4 nitrogen and oxygen atoms in total. The number of rotatable bonds is 6. The number of hydrogen-bond donors (Lipinski definition) is 1. The van der Waals surface area contributed by atoms with E-state index in [2.05, 4.69) is 11.9 Å². The molecule has 1 saturated heterocycles. The summed E-state index contributed by atoms with van der Waals surface area (Å²) in [5.74, 6) is 0.306. The Morgan fingerprint density at radius 1 is 1.39 bits per heavy atom. The van der Waals surface area contributed by atoms with Gasteiger partial charge in [0.15, 0.2) is 0 Å². The van der Waals surface area contributed by atoms with Crippen molar-refractivity contribution in [3.8, 4) is 0 Å². The zero-order valence-corrected chi connectivity index (χ0v) is 14.0. The van der Waals surface area contributed by atoms with Gasteiger partial charge < -0.3 is 10.2 Å². The van der Waals surface area contributed by atoms with Crippen molar-refractivity contribution < 1.29 is 9.59 Å². The van der Waals surface area contributed by atoms with Gasteiger partial charge in [-0.3, -0.25) is 9.59 Å². The van der Waals surface area contributed by atoms with E-state index in [9.17, 15) is 9.59 Å². The molecule has 1 aromatic rings. The van der Waals surface area contributed by atoms with Gasteiger partial charge in [0.05, 0.1) is 10.6 Å². The second kappa shape index (κ2) is 8.73. The molecule has 2 amide bonds. The lowest BCUT2D eigenvalue weighted by atomic mass is 9.97. The molecule has 1 fully saturated rings. The number of amides is 2. The molecule has 1 N–H and O–H groups in total. The lowest BCUT2D eigenvalue weighted by Gasteiger charge is -2.33. The van der Waals surface area contributed by atoms with Crippen LogP contribution in [0.4, 0.5) is 0 Å². The number of hydrogen-bond acceptors (Lipinski definition) is 2. The predicted octanol–water partition coefficient (Wildman–Crippen LogP) is 3.27. The summed E-state index contributed by atoms with van der Waals surface area (Å²) in [5, 5.41) is 3.39. The molecule has 5 heteroatoms. The third-order valence-electron chi connectivity index (χ3n) is 4.10. The largest absolute Gasteiger partial charge is 0.352 e. The summed E-state index contributed by atoms with van der Waals surface area (Å²) in [6, 6.07) is 7.01. The highest BCUT2D eigenvalue weighted by atomic mass is 35.5. The zero-order valence-electron chi connectivity index (χ0n) is 13.3. The van der Waals surface area contributed by atoms with E-state index in [1.54, 1.807) is 30.3 Å². The van der Waals surface area contributed by atoms with Crippen molar-refractivity contribution in [2.24, 2.45) is 5.92 Å². The van der Waals surface area contributed by atoms with Crippen LogP contribution >= 0.6 is 11.6 Å². The molecule has 1 aliphatic rings. The van der Waals surface area contributed by atoms with Gasteiger partial charge >= 0.3 is 0 Å². The highest BCUT2D eigenvalue weighted by Crippen LogP contribution is 2.18. The van der Waals surface area contributed by atoms with E-state index >= 15 is 0 Å². The third kappa shape index (κ3) is 5.10. The summed E-state index contributed by atoms with van der Waals surface area (Å²) < 4.78 is 0. The topological polar surface area (TPSA) is 49.4 Å². The number of likely N-dealkylation sites (tertiary alicyclic amines) is 1. The Hall–Kier alpha value is -1.81. The fourth-order valence-electron chi connectivity index (χ4n) is 2.82. The van der Waals surface area contributed by atoms with E-state index in [-0.39, 0.29) is 11.8 Å². The monoisotopic (exact) mass is 334 g/mol. The molecule has 0 bridgehead atoms. The maximum absolute atomic E-state index is 12.2. The van der Waals surface area contributed by atoms with Crippen LogP contribution < -0.4 is 5.32 Å². The van der Waals surface area contributed by atoms with Crippen molar-refractivity contribution in [2.45, 2.75) is 25.7 Å². The minimum atomic E-state index is -0.161. The van der Waals surface area contributed by atoms with Gasteiger partial charge in [-0.05, 0) is 37.3 Å². The SMILES string of the molecule is C=CCCC(=O)N1CCC[C@H](CNC(=O)c2ccccc2Cl)C1. The molecule has 0 unspecified atom stereocenters. The van der Waals surface area contributed by atoms with Crippen molar-refractivity contribution in [1.82, 2.24) is 10.2 Å². The maximum Gasteiger partial charge on any atom is 0.252 e. The van der Waals surface area contributed by atoms with Crippen LogP contribution in [0.5, 0.6) is 0 Å². The molecule has 124 valence electrons. The summed E-state index contributed by atoms with van der Waals surface area (Å²) in [7, 11) is 0. The van der Waals surface area contributed by atoms with Crippen molar-refractivity contribution in [3.05, 3.63) is 47.5 Å². The summed E-state index contributed by atoms with van der Waals surface area (Å²) in [6.07, 6.45) is 5.00. The quantitative estimate of drug-likeness (QED) is 0.812. The molecule has 0 saturated carbocycles. The first-order chi connectivity index (χ1) is 11.1. The van der Waals surface area contributed by atoms with Gasteiger partial charge in [-0.2, -0.15) is 0 Å². The number of nitrogens with one attached hydrogen (secondary N) is 1. The van der Waals surface area contributed by atoms with Crippen LogP contribution in [0, 0.1) is 5.92 Å². The molecule has 0 aliphatic carbocycles. The van der Waals surface area contributed by atoms with Crippen molar-refractivity contribution in [1.29, 1.82) is 0 Å². The molecule has 1 atom stereocenters. The van der Waals surface area contributed by atoms with Gasteiger partial charge in [-0.1, -0.05) is 29.8 Å². The number of nitrogens with zero attached hydrogens (tertiary/aromatic N) is 1. The fourth-order valence-corrected chi connectivity index (χ4v) is 3.04. The maximum atomic E-state index is 12.2. The molecular formula is C18H23ClN2O2. The van der Waals surface area contributed by atoms with Gasteiger partial charge in [0, 0.05) is 26.1 Å². The van der Waals surface area contributed by atoms with Crippen LogP contribution in [-0.2, 0) is 4.79 Å². The van der Waals surface area contributed by atoms with Gasteiger partial charge in [-0.15, -0.1) is 6.58 Å². The van der Waals surface area contributed by atoms with Crippen LogP contribution in [-0.4, -0.2) is 36.3 Å². The molecule has 0 spiro atoms. The molecule has 23 heavy (non-hydrogen) atoms. The van der Waals surface area contributed by atoms with E-state index in [0.717, 1.165) is 19.4 Å². The number of carbonyl (C=O) groups is 2. The normalized spacial score (nSPS) is 17.6. The first kappa shape index (κ1) is 17.5. The van der Waals surface area contributed by atoms with E-state index in [4.69, 9.17) is 11.6 Å². The van der Waals surface area contributed by atoms with Gasteiger partial charge in [0.1, 0.15) is 0 Å². The average molecular weight is 335 g/mol. The van der Waals surface area contributed by atoms with Gasteiger partial charge in [0.2, 0.25) is 5.91 Å². The van der Waals surface area contributed by atoms with Crippen LogP contribution in [0.2, 0.25) is 5.02 Å². The first-order valence-electron chi connectivity index (χ1n) is 8.03. The standard InChI is InChI=1S/C18H23ClN2O2/c1-2-3-10-17(22)21-11-6-7-14(13-21)12-20-18(23)15-8-4-5-9-16(15)19/h2,4-5,8-9,14H,1,3,6-7,10-13H2,(H,20,23)/t14-/m1/s1. The molecule has 1 aromatic carbocycles. The molecule has 0 radical (unpaired) electrons. The Bertz CT molecular complexity index is 574. The Morgan fingerprint density at radius 3 is 2.91 bits per heavy atom. The molecule has 2 rings (SSSR count). The summed E-state index contributed by atoms with van der Waals surface area (Å²) in [6.45, 7) is 5.73. The highest BCUT2D eigenvalue weighted by molar-refractivity contribution is 6.33. The number of allylic oxidation sites excluding steroid dienone is 1. The summed E-state index contributed by atoms with van der Waals surface area (Å²) >= 11 is 6.03. The fraction of sp³-hybridized carbons (Fsp3) is 0.444. The Balaban J connectivity index is 1.83. The second-order valence-corrected chi connectivity index (χ2v) is 6.27. The van der Waals surface area contributed by atoms with Crippen molar-refractivity contribution >= 4 is 23.4 Å². The van der Waals surface area contributed by atoms with Crippen LogP contribution in [0.1, 0.15) is 36.0 Å². The number of benzene rings is 1. The van der Waals surface area contributed by atoms with E-state index in [0.29, 0.717) is 42.4 Å². The minimum absolute atomic E-state index is 0.161. The van der Waals surface area contributed by atoms with Crippen LogP contribution in [0.3, 0.4) is 0 Å². The molecular weight excluding hydrogens is 312 g/mol. The Kier molecular flexibility index (Phi) is 6.66. The minimum Gasteiger partial charge on any atom is -0.352 e. The number of halogens is 1. The Morgan fingerprint density at radius 2 is 2.17 bits per heavy atom.